The van der Waals surface area contributed by atoms with Crippen molar-refractivity contribution < 1.29 is 28.9 Å². The van der Waals surface area contributed by atoms with Crippen molar-refractivity contribution in [2.45, 2.75) is 38.8 Å². The third kappa shape index (κ3) is 5.22. The quantitative estimate of drug-likeness (QED) is 0.333. The van der Waals surface area contributed by atoms with Crippen molar-refractivity contribution in [3.05, 3.63) is 64.7 Å². The van der Waals surface area contributed by atoms with Gasteiger partial charge in [0.15, 0.2) is 0 Å². The van der Waals surface area contributed by atoms with Gasteiger partial charge in [-0.3, -0.25) is 14.5 Å². The zero-order chi connectivity index (χ0) is 25.9. The van der Waals surface area contributed by atoms with Gasteiger partial charge in [-0.1, -0.05) is 19.1 Å². The summed E-state index contributed by atoms with van der Waals surface area (Å²) in [5.41, 5.74) is 2.36. The average molecular weight is 507 g/mol. The van der Waals surface area contributed by atoms with Crippen molar-refractivity contribution in [2.75, 3.05) is 46.0 Å². The molecule has 0 aromatic heterocycles. The highest BCUT2D eigenvalue weighted by molar-refractivity contribution is 6.46. The Morgan fingerprint density at radius 1 is 1.08 bits per heavy atom. The van der Waals surface area contributed by atoms with E-state index < -0.39 is 17.7 Å². The Morgan fingerprint density at radius 2 is 1.84 bits per heavy atom. The number of hydrogen-bond acceptors (Lipinski definition) is 7. The first kappa shape index (κ1) is 25.3. The number of hydrogen-bond donors (Lipinski definition) is 1. The molecule has 5 rings (SSSR count). The smallest absolute Gasteiger partial charge is 0.295 e. The van der Waals surface area contributed by atoms with Gasteiger partial charge in [0, 0.05) is 38.2 Å². The molecule has 37 heavy (non-hydrogen) atoms. The molecule has 2 saturated heterocycles. The number of aliphatic hydroxyl groups excluding tert-OH is 1. The first-order valence-electron chi connectivity index (χ1n) is 13.1. The number of amides is 1. The second-order valence-electron chi connectivity index (χ2n) is 9.82. The molecule has 1 N–H and O–H groups in total. The number of fused-ring (bicyclic) bond motifs is 1. The van der Waals surface area contributed by atoms with Crippen molar-refractivity contribution in [3.8, 4) is 11.5 Å². The minimum Gasteiger partial charge on any atom is -0.507 e. The summed E-state index contributed by atoms with van der Waals surface area (Å²) >= 11 is 0. The highest BCUT2D eigenvalue weighted by Gasteiger charge is 2.46. The maximum absolute atomic E-state index is 13.4. The van der Waals surface area contributed by atoms with E-state index in [4.69, 9.17) is 14.2 Å². The summed E-state index contributed by atoms with van der Waals surface area (Å²) in [6.07, 6.45) is 1.69. The molecule has 2 aromatic carbocycles. The molecule has 1 amide bonds. The molecular weight excluding hydrogens is 472 g/mol. The number of carbonyl (C=O) groups excluding carboxylic acids is 2. The Balaban J connectivity index is 1.50. The maximum Gasteiger partial charge on any atom is 0.295 e. The zero-order valence-corrected chi connectivity index (χ0v) is 21.4. The Morgan fingerprint density at radius 3 is 2.57 bits per heavy atom. The molecule has 3 aliphatic rings. The fraction of sp³-hybridized carbons (Fsp3) is 0.448. The van der Waals surface area contributed by atoms with Crippen molar-refractivity contribution in [1.82, 2.24) is 9.80 Å². The van der Waals surface area contributed by atoms with E-state index in [1.807, 2.05) is 50.2 Å². The molecule has 0 spiro atoms. The van der Waals surface area contributed by atoms with Crippen LogP contribution < -0.4 is 9.47 Å². The highest BCUT2D eigenvalue weighted by atomic mass is 16.5. The van der Waals surface area contributed by atoms with Crippen LogP contribution in [0.1, 0.15) is 43.0 Å². The summed E-state index contributed by atoms with van der Waals surface area (Å²) in [4.78, 5) is 30.5. The van der Waals surface area contributed by atoms with E-state index in [1.165, 1.54) is 0 Å². The maximum atomic E-state index is 13.4. The molecule has 3 aliphatic heterocycles. The molecule has 0 bridgehead atoms. The normalized spacial score (nSPS) is 23.2. The van der Waals surface area contributed by atoms with Crippen molar-refractivity contribution in [1.29, 1.82) is 0 Å². The molecule has 2 fully saturated rings. The Bertz CT molecular complexity index is 1190. The molecule has 0 saturated carbocycles. The summed E-state index contributed by atoms with van der Waals surface area (Å²) in [6, 6.07) is 12.2. The van der Waals surface area contributed by atoms with Crippen LogP contribution >= 0.6 is 0 Å². The number of carbonyl (C=O) groups is 2. The molecule has 8 nitrogen and oxygen atoms in total. The lowest BCUT2D eigenvalue weighted by Gasteiger charge is -2.31. The largest absolute Gasteiger partial charge is 0.507 e. The minimum atomic E-state index is -0.690. The monoisotopic (exact) mass is 506 g/mol. The summed E-state index contributed by atoms with van der Waals surface area (Å²) in [5, 5.41) is 11.4. The molecule has 8 heteroatoms. The van der Waals surface area contributed by atoms with E-state index in [0.717, 1.165) is 48.6 Å². The van der Waals surface area contributed by atoms with Gasteiger partial charge in [-0.2, -0.15) is 0 Å². The lowest BCUT2D eigenvalue weighted by molar-refractivity contribution is -0.140. The second kappa shape index (κ2) is 10.9. The summed E-state index contributed by atoms with van der Waals surface area (Å²) in [5.74, 6) is 0.0915. The number of ether oxygens (including phenoxy) is 3. The first-order valence-corrected chi connectivity index (χ1v) is 13.1. The van der Waals surface area contributed by atoms with E-state index in [0.29, 0.717) is 38.5 Å². The molecule has 2 atom stereocenters. The Kier molecular flexibility index (Phi) is 7.48. The van der Waals surface area contributed by atoms with E-state index in [2.05, 4.69) is 4.90 Å². The topological polar surface area (TPSA) is 88.5 Å². The molecule has 2 unspecified atom stereocenters. The number of Topliss-reactive ketones (excluding diaryl/α,β-unsaturated/α-hetero) is 1. The fourth-order valence-electron chi connectivity index (χ4n) is 5.22. The van der Waals surface area contributed by atoms with Crippen LogP contribution in [0.4, 0.5) is 0 Å². The number of likely N-dealkylation sites (tertiary alicyclic amines) is 1. The van der Waals surface area contributed by atoms with E-state index in [1.54, 1.807) is 11.0 Å². The molecular formula is C29H34N2O6. The Hall–Kier alpha value is -3.36. The van der Waals surface area contributed by atoms with Gasteiger partial charge in [-0.15, -0.1) is 0 Å². The van der Waals surface area contributed by atoms with Crippen LogP contribution in [0.5, 0.6) is 11.5 Å². The predicted molar refractivity (Wildman–Crippen MR) is 139 cm³/mol. The number of morpholine rings is 1. The zero-order valence-electron chi connectivity index (χ0n) is 21.4. The van der Waals surface area contributed by atoms with Gasteiger partial charge >= 0.3 is 0 Å². The number of benzene rings is 2. The lowest BCUT2D eigenvalue weighted by Crippen LogP contribution is -2.42. The van der Waals surface area contributed by atoms with Crippen molar-refractivity contribution in [3.63, 3.8) is 0 Å². The number of aliphatic hydroxyl groups is 1. The van der Waals surface area contributed by atoms with Gasteiger partial charge in [0.1, 0.15) is 23.4 Å². The van der Waals surface area contributed by atoms with Crippen LogP contribution in [-0.4, -0.2) is 78.7 Å². The van der Waals surface area contributed by atoms with Gasteiger partial charge in [0.2, 0.25) is 0 Å². The lowest BCUT2D eigenvalue weighted by atomic mass is 9.94. The average Bonchev–Trinajstić information content (AvgIpc) is 3.42. The molecule has 0 aliphatic carbocycles. The number of ketones is 1. The van der Waals surface area contributed by atoms with Gasteiger partial charge in [-0.05, 0) is 54.8 Å². The number of nitrogens with zero attached hydrogens (tertiary/aromatic N) is 2. The molecule has 196 valence electrons. The van der Waals surface area contributed by atoms with E-state index in [-0.39, 0.29) is 17.4 Å². The third-order valence-electron chi connectivity index (χ3n) is 7.14. The standard InChI is InChI=1S/C29H34N2O6/c1-3-14-36-23-7-4-20(5-8-23)26-25(27(32)21-6-9-24-22(18-21)17-19(2)37-24)28(33)29(34)31(26)11-10-30-12-15-35-16-13-30/h4-9,18-19,26,32H,3,10-17H2,1-2H3/b27-25+. The fourth-order valence-corrected chi connectivity index (χ4v) is 5.22. The van der Waals surface area contributed by atoms with Crippen LogP contribution in [0, 0.1) is 0 Å². The van der Waals surface area contributed by atoms with E-state index in [9.17, 15) is 14.7 Å². The SMILES string of the molecule is CCCOc1ccc(C2/C(=C(\O)c3ccc4c(c3)CC(C)O4)C(=O)C(=O)N2CCN2CCOCC2)cc1. The molecule has 0 radical (unpaired) electrons. The second-order valence-corrected chi connectivity index (χ2v) is 9.82. The molecule has 3 heterocycles. The first-order chi connectivity index (χ1) is 18.0. The molecule has 2 aromatic rings. The summed E-state index contributed by atoms with van der Waals surface area (Å²) < 4.78 is 17.0. The van der Waals surface area contributed by atoms with Gasteiger partial charge in [-0.25, -0.2) is 0 Å². The summed E-state index contributed by atoms with van der Waals surface area (Å²) in [7, 11) is 0. The van der Waals surface area contributed by atoms with Crippen LogP contribution in [0.2, 0.25) is 0 Å². The van der Waals surface area contributed by atoms with Crippen LogP contribution in [0.15, 0.2) is 48.0 Å². The van der Waals surface area contributed by atoms with Gasteiger partial charge < -0.3 is 24.2 Å². The Labute approximate surface area is 217 Å². The van der Waals surface area contributed by atoms with Crippen molar-refractivity contribution in [2.24, 2.45) is 0 Å². The van der Waals surface area contributed by atoms with Gasteiger partial charge in [0.05, 0.1) is 31.4 Å². The third-order valence-corrected chi connectivity index (χ3v) is 7.14. The minimum absolute atomic E-state index is 0.0617. The van der Waals surface area contributed by atoms with Crippen LogP contribution in [-0.2, 0) is 20.7 Å². The van der Waals surface area contributed by atoms with Gasteiger partial charge in [0.25, 0.3) is 11.7 Å². The number of rotatable bonds is 8. The predicted octanol–water partition coefficient (Wildman–Crippen LogP) is 3.55. The summed E-state index contributed by atoms with van der Waals surface area (Å²) in [6.45, 7) is 8.52. The highest BCUT2D eigenvalue weighted by Crippen LogP contribution is 2.41. The van der Waals surface area contributed by atoms with Crippen LogP contribution in [0.3, 0.4) is 0 Å². The van der Waals surface area contributed by atoms with Crippen molar-refractivity contribution >= 4 is 17.4 Å². The van der Waals surface area contributed by atoms with Crippen LogP contribution in [0.25, 0.3) is 5.76 Å². The van der Waals surface area contributed by atoms with E-state index >= 15 is 0 Å².